The lowest BCUT2D eigenvalue weighted by molar-refractivity contribution is 0.571. The molecule has 0 aromatic heterocycles. The topological polar surface area (TPSA) is 6.48 Å². The van der Waals surface area contributed by atoms with E-state index in [1.165, 1.54) is 45.0 Å². The summed E-state index contributed by atoms with van der Waals surface area (Å²) in [5.41, 5.74) is 9.58. The first kappa shape index (κ1) is 28.4. The maximum Gasteiger partial charge on any atom is 0.0643 e. The van der Waals surface area contributed by atoms with E-state index in [0.29, 0.717) is 6.04 Å². The Balaban J connectivity index is 1.09. The van der Waals surface area contributed by atoms with Crippen molar-refractivity contribution in [2.45, 2.75) is 31.3 Å². The molecule has 0 fully saturated rings. The number of hydrogen-bond donors (Lipinski definition) is 0. The van der Waals surface area contributed by atoms with E-state index in [1.54, 1.807) is 0 Å². The van der Waals surface area contributed by atoms with Crippen molar-refractivity contribution in [1.29, 1.82) is 0 Å². The van der Waals surface area contributed by atoms with Crippen molar-refractivity contribution >= 4 is 28.3 Å². The van der Waals surface area contributed by atoms with Crippen LogP contribution in [0.3, 0.4) is 0 Å². The van der Waals surface area contributed by atoms with Crippen molar-refractivity contribution < 1.29 is 0 Å². The van der Waals surface area contributed by atoms with Gasteiger partial charge in [0.2, 0.25) is 0 Å². The second-order valence-corrected chi connectivity index (χ2v) is 12.0. The van der Waals surface area contributed by atoms with Crippen LogP contribution in [0.1, 0.15) is 25.3 Å². The van der Waals surface area contributed by atoms with Gasteiger partial charge in [-0.25, -0.2) is 0 Å². The molecule has 2 heteroatoms. The van der Waals surface area contributed by atoms with Crippen LogP contribution in [0.25, 0.3) is 16.7 Å². The van der Waals surface area contributed by atoms with E-state index in [1.807, 2.05) is 0 Å². The number of benzene rings is 5. The van der Waals surface area contributed by atoms with Crippen LogP contribution in [-0.2, 0) is 0 Å². The highest BCUT2D eigenvalue weighted by atomic mass is 15.2. The third-order valence-corrected chi connectivity index (χ3v) is 8.92. The molecule has 0 saturated carbocycles. The van der Waals surface area contributed by atoms with Crippen molar-refractivity contribution in [3.05, 3.63) is 188 Å². The van der Waals surface area contributed by atoms with Crippen molar-refractivity contribution in [3.8, 4) is 11.1 Å². The molecule has 0 saturated heterocycles. The average molecular weight is 583 g/mol. The smallest absolute Gasteiger partial charge is 0.0643 e. The van der Waals surface area contributed by atoms with Crippen LogP contribution in [0, 0.1) is 0 Å². The van der Waals surface area contributed by atoms with Gasteiger partial charge < -0.3 is 9.80 Å². The number of anilines is 4. The Kier molecular flexibility index (Phi) is 8.04. The number of nitrogens with zero attached hydrogens (tertiary/aromatic N) is 2. The normalized spacial score (nSPS) is 18.8. The van der Waals surface area contributed by atoms with Gasteiger partial charge in [0.25, 0.3) is 0 Å². The van der Waals surface area contributed by atoms with E-state index < -0.39 is 0 Å². The third-order valence-electron chi connectivity index (χ3n) is 8.92. The molecule has 2 aliphatic rings. The summed E-state index contributed by atoms with van der Waals surface area (Å²) in [6.07, 6.45) is 17.8. The van der Waals surface area contributed by atoms with Gasteiger partial charge in [-0.1, -0.05) is 134 Å². The summed E-state index contributed by atoms with van der Waals surface area (Å²) in [5, 5.41) is 0. The van der Waals surface area contributed by atoms with Gasteiger partial charge in [-0.3, -0.25) is 0 Å². The minimum Gasteiger partial charge on any atom is -0.334 e. The summed E-state index contributed by atoms with van der Waals surface area (Å²) < 4.78 is 0. The second-order valence-electron chi connectivity index (χ2n) is 12.0. The Morgan fingerprint density at radius 1 is 0.556 bits per heavy atom. The summed E-state index contributed by atoms with van der Waals surface area (Å²) in [6.45, 7) is 2.32. The van der Waals surface area contributed by atoms with Gasteiger partial charge in [0.15, 0.2) is 0 Å². The molecule has 0 amide bonds. The highest BCUT2D eigenvalue weighted by molar-refractivity contribution is 5.79. The van der Waals surface area contributed by atoms with Gasteiger partial charge in [-0.2, -0.15) is 0 Å². The van der Waals surface area contributed by atoms with E-state index in [4.69, 9.17) is 0 Å². The van der Waals surface area contributed by atoms with Gasteiger partial charge in [-0.15, -0.1) is 0 Å². The average Bonchev–Trinajstić information content (AvgIpc) is 3.11. The number of allylic oxidation sites excluding steroid dienone is 4. The Labute approximate surface area is 267 Å². The Morgan fingerprint density at radius 3 is 1.58 bits per heavy atom. The largest absolute Gasteiger partial charge is 0.334 e. The maximum atomic E-state index is 2.45. The van der Waals surface area contributed by atoms with E-state index in [2.05, 4.69) is 199 Å². The van der Waals surface area contributed by atoms with Gasteiger partial charge in [0, 0.05) is 22.7 Å². The molecule has 0 radical (unpaired) electrons. The second kappa shape index (κ2) is 12.7. The van der Waals surface area contributed by atoms with Crippen LogP contribution in [0.15, 0.2) is 182 Å². The molecular formula is C43H38N2. The van der Waals surface area contributed by atoms with Crippen molar-refractivity contribution in [2.24, 2.45) is 0 Å². The molecule has 0 N–H and O–H groups in total. The molecule has 0 spiro atoms. The first-order valence-electron chi connectivity index (χ1n) is 15.9. The van der Waals surface area contributed by atoms with E-state index in [-0.39, 0.29) is 5.54 Å². The van der Waals surface area contributed by atoms with Gasteiger partial charge >= 0.3 is 0 Å². The van der Waals surface area contributed by atoms with Crippen molar-refractivity contribution in [1.82, 2.24) is 0 Å². The van der Waals surface area contributed by atoms with Crippen LogP contribution in [0.4, 0.5) is 22.7 Å². The zero-order valence-electron chi connectivity index (χ0n) is 25.7. The fourth-order valence-corrected chi connectivity index (χ4v) is 6.54. The fourth-order valence-electron chi connectivity index (χ4n) is 6.54. The lowest BCUT2D eigenvalue weighted by Crippen LogP contribution is -2.42. The molecule has 45 heavy (non-hydrogen) atoms. The standard InChI is InChI=1S/C43H38N2/c1-43(45(41-18-10-4-11-19-41)42-20-12-5-13-21-42)32-30-37(31-33-43)35-24-22-34(23-25-35)36-26-28-40(29-27-36)44(38-14-6-2-7-15-38)39-16-8-3-9-17-39/h2-16,18-32,39H,17,33H2,1H3. The highest BCUT2D eigenvalue weighted by Gasteiger charge is 2.32. The van der Waals surface area contributed by atoms with Gasteiger partial charge in [0.1, 0.15) is 0 Å². The van der Waals surface area contributed by atoms with Crippen LogP contribution >= 0.6 is 0 Å². The summed E-state index contributed by atoms with van der Waals surface area (Å²) in [7, 11) is 0. The lowest BCUT2D eigenvalue weighted by Gasteiger charge is -2.42. The molecular weight excluding hydrogens is 544 g/mol. The monoisotopic (exact) mass is 582 g/mol. The third kappa shape index (κ3) is 6.05. The van der Waals surface area contributed by atoms with Crippen LogP contribution in [-0.4, -0.2) is 11.6 Å². The maximum absolute atomic E-state index is 2.45. The minimum atomic E-state index is -0.175. The zero-order chi connectivity index (χ0) is 30.5. The molecule has 5 aromatic rings. The van der Waals surface area contributed by atoms with Crippen molar-refractivity contribution in [3.63, 3.8) is 0 Å². The predicted molar refractivity (Wildman–Crippen MR) is 192 cm³/mol. The summed E-state index contributed by atoms with van der Waals surface area (Å²) in [4.78, 5) is 4.88. The Hall–Kier alpha value is -5.34. The fraction of sp³-hybridized carbons (Fsp3) is 0.116. The molecule has 7 rings (SSSR count). The molecule has 5 aromatic carbocycles. The minimum absolute atomic E-state index is 0.175. The lowest BCUT2D eigenvalue weighted by atomic mass is 9.85. The van der Waals surface area contributed by atoms with Crippen LogP contribution < -0.4 is 9.80 Å². The van der Waals surface area contributed by atoms with E-state index in [9.17, 15) is 0 Å². The first-order chi connectivity index (χ1) is 22.2. The molecule has 0 aliphatic heterocycles. The molecule has 220 valence electrons. The quantitative estimate of drug-likeness (QED) is 0.180. The van der Waals surface area contributed by atoms with E-state index in [0.717, 1.165) is 12.8 Å². The summed E-state index contributed by atoms with van der Waals surface area (Å²) in [5.74, 6) is 0. The Morgan fingerprint density at radius 2 is 1.07 bits per heavy atom. The van der Waals surface area contributed by atoms with Crippen LogP contribution in [0.2, 0.25) is 0 Å². The molecule has 2 atom stereocenters. The molecule has 2 nitrogen and oxygen atoms in total. The molecule has 0 heterocycles. The molecule has 2 unspecified atom stereocenters. The van der Waals surface area contributed by atoms with Gasteiger partial charge in [-0.05, 0) is 90.6 Å². The number of rotatable bonds is 8. The van der Waals surface area contributed by atoms with Gasteiger partial charge in [0.05, 0.1) is 11.6 Å². The molecule has 2 aliphatic carbocycles. The first-order valence-corrected chi connectivity index (χ1v) is 15.9. The summed E-state index contributed by atoms with van der Waals surface area (Å²) >= 11 is 0. The molecule has 0 bridgehead atoms. The highest BCUT2D eigenvalue weighted by Crippen LogP contribution is 2.40. The SMILES string of the molecule is CC1(N(c2ccccc2)c2ccccc2)C=CC(c2ccc(-c3ccc(N(c4ccccc4)C4C=CC=CC4)cc3)cc2)=CC1. The van der Waals surface area contributed by atoms with E-state index >= 15 is 0 Å². The van der Waals surface area contributed by atoms with Crippen molar-refractivity contribution in [2.75, 3.05) is 9.80 Å². The summed E-state index contributed by atoms with van der Waals surface area (Å²) in [6, 6.07) is 50.4. The number of hydrogen-bond acceptors (Lipinski definition) is 2. The predicted octanol–water partition coefficient (Wildman–Crippen LogP) is 11.3. The van der Waals surface area contributed by atoms with Crippen LogP contribution in [0.5, 0.6) is 0 Å². The zero-order valence-corrected chi connectivity index (χ0v) is 25.7. The Bertz CT molecular complexity index is 1790. The number of para-hydroxylation sites is 3.